The maximum Gasteiger partial charge on any atom is 0.226 e. The zero-order valence-electron chi connectivity index (χ0n) is 13.8. The minimum Gasteiger partial charge on any atom is -0.460 e. The lowest BCUT2D eigenvalue weighted by atomic mass is 9.99. The van der Waals surface area contributed by atoms with Gasteiger partial charge in [0.25, 0.3) is 0 Å². The second-order valence-electron chi connectivity index (χ2n) is 6.18. The van der Waals surface area contributed by atoms with Gasteiger partial charge in [0.05, 0.1) is 0 Å². The van der Waals surface area contributed by atoms with Crippen LogP contribution in [0.1, 0.15) is 17.7 Å². The molecule has 2 heterocycles. The first-order valence-electron chi connectivity index (χ1n) is 8.48. The van der Waals surface area contributed by atoms with Gasteiger partial charge in [0.15, 0.2) is 11.6 Å². The lowest BCUT2D eigenvalue weighted by Crippen LogP contribution is -1.98. The van der Waals surface area contributed by atoms with Crippen LogP contribution >= 0.6 is 11.6 Å². The van der Waals surface area contributed by atoms with Crippen LogP contribution in [-0.2, 0) is 6.42 Å². The Hall–Kier alpha value is -2.98. The molecule has 0 atom stereocenters. The van der Waals surface area contributed by atoms with Crippen molar-refractivity contribution in [3.63, 3.8) is 0 Å². The Balaban J connectivity index is 1.75. The Morgan fingerprint density at radius 1 is 0.885 bits per heavy atom. The number of fused-ring (bicyclic) bond motifs is 3. The molecule has 0 spiro atoms. The van der Waals surface area contributed by atoms with Crippen molar-refractivity contribution in [1.29, 1.82) is 0 Å². The van der Waals surface area contributed by atoms with E-state index in [9.17, 15) is 0 Å². The summed E-state index contributed by atoms with van der Waals surface area (Å²) < 4.78 is 6.04. The maximum absolute atomic E-state index is 6.22. The Morgan fingerprint density at radius 3 is 2.62 bits per heavy atom. The number of hydrogen-bond donors (Lipinski definition) is 0. The van der Waals surface area contributed by atoms with Crippen molar-refractivity contribution >= 4 is 28.6 Å². The van der Waals surface area contributed by atoms with Gasteiger partial charge >= 0.3 is 0 Å². The highest BCUT2D eigenvalue weighted by molar-refractivity contribution is 6.28. The van der Waals surface area contributed by atoms with Gasteiger partial charge in [0, 0.05) is 28.5 Å². The van der Waals surface area contributed by atoms with E-state index >= 15 is 0 Å². The van der Waals surface area contributed by atoms with Crippen LogP contribution in [0.15, 0.2) is 59.0 Å². The number of nitrogens with zero attached hydrogens (tertiary/aromatic N) is 3. The first-order chi connectivity index (χ1) is 12.8. The topological polar surface area (TPSA) is 51.8 Å². The van der Waals surface area contributed by atoms with Gasteiger partial charge in [-0.05, 0) is 24.1 Å². The van der Waals surface area contributed by atoms with Crippen LogP contribution in [0, 0.1) is 0 Å². The van der Waals surface area contributed by atoms with Crippen LogP contribution in [-0.4, -0.2) is 15.0 Å². The number of furan rings is 1. The number of hydrogen-bond acceptors (Lipinski definition) is 4. The first-order valence-corrected chi connectivity index (χ1v) is 8.86. The molecule has 1 aliphatic rings. The summed E-state index contributed by atoms with van der Waals surface area (Å²) in [7, 11) is 0. The van der Waals surface area contributed by atoms with Crippen LogP contribution < -0.4 is 0 Å². The van der Waals surface area contributed by atoms with Gasteiger partial charge in [-0.25, -0.2) is 4.98 Å². The summed E-state index contributed by atoms with van der Waals surface area (Å²) in [4.78, 5) is 13.4. The van der Waals surface area contributed by atoms with Crippen LogP contribution in [0.5, 0.6) is 0 Å². The molecule has 0 amide bonds. The van der Waals surface area contributed by atoms with Crippen molar-refractivity contribution in [3.05, 3.63) is 71.2 Å². The van der Waals surface area contributed by atoms with Crippen LogP contribution in [0.25, 0.3) is 39.8 Å². The molecular formula is C21H14ClN3O. The van der Waals surface area contributed by atoms with Gasteiger partial charge < -0.3 is 4.42 Å². The predicted octanol–water partition coefficient (Wildman–Crippen LogP) is 5.56. The molecule has 5 rings (SSSR count). The smallest absolute Gasteiger partial charge is 0.226 e. The zero-order valence-corrected chi connectivity index (χ0v) is 14.6. The van der Waals surface area contributed by atoms with E-state index in [2.05, 4.69) is 27.1 Å². The Labute approximate surface area is 155 Å². The van der Waals surface area contributed by atoms with Crippen LogP contribution in [0.3, 0.4) is 0 Å². The number of aromatic nitrogens is 3. The van der Waals surface area contributed by atoms with Gasteiger partial charge in [-0.1, -0.05) is 54.6 Å². The number of halogens is 1. The third-order valence-electron chi connectivity index (χ3n) is 4.53. The van der Waals surface area contributed by atoms with Gasteiger partial charge in [-0.2, -0.15) is 9.97 Å². The number of rotatable bonds is 2. The Bertz CT molecular complexity index is 1150. The predicted molar refractivity (Wildman–Crippen MR) is 103 cm³/mol. The highest BCUT2D eigenvalue weighted by atomic mass is 35.5. The van der Waals surface area contributed by atoms with Crippen LogP contribution in [0.4, 0.5) is 0 Å². The molecule has 1 aliphatic carbocycles. The highest BCUT2D eigenvalue weighted by Gasteiger charge is 2.20. The fourth-order valence-electron chi connectivity index (χ4n) is 3.37. The van der Waals surface area contributed by atoms with Crippen molar-refractivity contribution in [2.24, 2.45) is 0 Å². The second kappa shape index (κ2) is 6.07. The van der Waals surface area contributed by atoms with E-state index in [4.69, 9.17) is 16.0 Å². The van der Waals surface area contributed by atoms with E-state index < -0.39 is 0 Å². The molecule has 26 heavy (non-hydrogen) atoms. The summed E-state index contributed by atoms with van der Waals surface area (Å²) in [5.41, 5.74) is 3.76. The van der Waals surface area contributed by atoms with E-state index in [1.807, 2.05) is 48.5 Å². The molecule has 126 valence electrons. The van der Waals surface area contributed by atoms with E-state index in [1.54, 1.807) is 0 Å². The summed E-state index contributed by atoms with van der Waals surface area (Å²) in [6, 6.07) is 15.7. The molecule has 0 saturated carbocycles. The summed E-state index contributed by atoms with van der Waals surface area (Å²) in [5.74, 6) is 2.13. The van der Waals surface area contributed by atoms with Crippen molar-refractivity contribution < 1.29 is 4.42 Å². The number of benzene rings is 2. The molecular weight excluding hydrogens is 346 g/mol. The molecule has 0 aliphatic heterocycles. The molecule has 2 aromatic heterocycles. The van der Waals surface area contributed by atoms with E-state index in [0.29, 0.717) is 11.6 Å². The summed E-state index contributed by atoms with van der Waals surface area (Å²) >= 11 is 6.22. The van der Waals surface area contributed by atoms with Gasteiger partial charge in [0.2, 0.25) is 5.28 Å². The normalized spacial score (nSPS) is 13.1. The van der Waals surface area contributed by atoms with Crippen LogP contribution in [0.2, 0.25) is 5.28 Å². The molecule has 0 saturated heterocycles. The monoisotopic (exact) mass is 359 g/mol. The van der Waals surface area contributed by atoms with Gasteiger partial charge in [-0.3, -0.25) is 0 Å². The SMILES string of the molecule is Clc1nc(-c2ccccc2)nc(-c2cccc3oc4c(c23)C=CCC4)n1. The molecule has 0 radical (unpaired) electrons. The van der Waals surface area contributed by atoms with Gasteiger partial charge in [0.1, 0.15) is 11.3 Å². The molecule has 0 fully saturated rings. The summed E-state index contributed by atoms with van der Waals surface area (Å²) in [6.07, 6.45) is 6.20. The molecule has 4 nitrogen and oxygen atoms in total. The van der Waals surface area contributed by atoms with Gasteiger partial charge in [-0.15, -0.1) is 0 Å². The van der Waals surface area contributed by atoms with Crippen molar-refractivity contribution in [3.8, 4) is 22.8 Å². The standard InChI is InChI=1S/C21H14ClN3O/c22-21-24-19(13-7-2-1-3-8-13)23-20(25-21)15-10-6-12-17-18(15)14-9-4-5-11-16(14)26-17/h1-4,6-10,12H,5,11H2. The molecule has 4 aromatic rings. The quantitative estimate of drug-likeness (QED) is 0.470. The first kappa shape index (κ1) is 15.3. The number of allylic oxidation sites excluding steroid dienone is 1. The van der Waals surface area contributed by atoms with Crippen molar-refractivity contribution in [1.82, 2.24) is 15.0 Å². The minimum absolute atomic E-state index is 0.179. The van der Waals surface area contributed by atoms with E-state index in [1.165, 1.54) is 0 Å². The number of aryl methyl sites for hydroxylation is 1. The maximum atomic E-state index is 6.22. The zero-order chi connectivity index (χ0) is 17.5. The minimum atomic E-state index is 0.179. The largest absolute Gasteiger partial charge is 0.460 e. The molecule has 0 N–H and O–H groups in total. The lowest BCUT2D eigenvalue weighted by molar-refractivity contribution is 0.546. The van der Waals surface area contributed by atoms with Crippen molar-refractivity contribution in [2.45, 2.75) is 12.8 Å². The Kier molecular flexibility index (Phi) is 3.57. The third kappa shape index (κ3) is 2.50. The van der Waals surface area contributed by atoms with Crippen molar-refractivity contribution in [2.75, 3.05) is 0 Å². The molecule has 0 bridgehead atoms. The third-order valence-corrected chi connectivity index (χ3v) is 4.70. The lowest BCUT2D eigenvalue weighted by Gasteiger charge is -2.07. The summed E-state index contributed by atoms with van der Waals surface area (Å²) in [5, 5.41) is 1.21. The average molecular weight is 360 g/mol. The van der Waals surface area contributed by atoms with E-state index in [0.717, 1.165) is 46.3 Å². The fourth-order valence-corrected chi connectivity index (χ4v) is 3.53. The van der Waals surface area contributed by atoms with E-state index in [-0.39, 0.29) is 5.28 Å². The second-order valence-corrected chi connectivity index (χ2v) is 6.51. The average Bonchev–Trinajstić information content (AvgIpc) is 3.07. The molecule has 2 aromatic carbocycles. The highest BCUT2D eigenvalue weighted by Crippen LogP contribution is 2.37. The Morgan fingerprint density at radius 2 is 1.73 bits per heavy atom. The summed E-state index contributed by atoms with van der Waals surface area (Å²) in [6.45, 7) is 0. The molecule has 5 heteroatoms. The fraction of sp³-hybridized carbons (Fsp3) is 0.0952. The molecule has 0 unspecified atom stereocenters.